The third-order valence-electron chi connectivity index (χ3n) is 5.47. The summed E-state index contributed by atoms with van der Waals surface area (Å²) in [7, 11) is 0. The van der Waals surface area contributed by atoms with Crippen LogP contribution in [0.25, 0.3) is 0 Å². The Morgan fingerprint density at radius 1 is 1.14 bits per heavy atom. The molecular weight excluding hydrogens is 488 g/mol. The first-order chi connectivity index (χ1) is 13.6. The topological polar surface area (TPSA) is 67.9 Å². The van der Waals surface area contributed by atoms with Gasteiger partial charge in [0.25, 0.3) is 0 Å². The molecule has 7 nitrogen and oxygen atoms in total. The number of amides is 3. The molecule has 2 aliphatic rings. The Labute approximate surface area is 185 Å². The van der Waals surface area contributed by atoms with Crippen LogP contribution in [-0.4, -0.2) is 84.0 Å². The zero-order valence-electron chi connectivity index (χ0n) is 17.2. The van der Waals surface area contributed by atoms with E-state index in [1.165, 1.54) is 6.07 Å². The molecule has 2 fully saturated rings. The maximum atomic E-state index is 13.7. The summed E-state index contributed by atoms with van der Waals surface area (Å²) >= 11 is 1.91. The molecule has 0 unspecified atom stereocenters. The molecule has 1 atom stereocenters. The number of hydrogen-bond donors (Lipinski definition) is 2. The Bertz CT molecular complexity index is 762. The maximum Gasteiger partial charge on any atom is 0.321 e. The van der Waals surface area contributed by atoms with Gasteiger partial charge in [-0.15, -0.1) is 0 Å². The Balaban J connectivity index is 1.51. The first-order valence-electron chi connectivity index (χ1n) is 9.93. The summed E-state index contributed by atoms with van der Waals surface area (Å²) in [5, 5.41) is 6.06. The zero-order valence-corrected chi connectivity index (χ0v) is 19.3. The first-order valence-corrected chi connectivity index (χ1v) is 11.0. The number of hydrogen-bond acceptors (Lipinski definition) is 4. The molecule has 2 N–H and O–H groups in total. The lowest BCUT2D eigenvalue weighted by molar-refractivity contribution is -0.136. The van der Waals surface area contributed by atoms with Crippen LogP contribution in [-0.2, 0) is 4.79 Å². The van der Waals surface area contributed by atoms with E-state index in [4.69, 9.17) is 0 Å². The number of carbonyl (C=O) groups is 2. The molecule has 0 bridgehead atoms. The summed E-state index contributed by atoms with van der Waals surface area (Å²) in [5.41, 5.74) is 0.465. The number of anilines is 1. The van der Waals surface area contributed by atoms with E-state index in [9.17, 15) is 14.0 Å². The highest BCUT2D eigenvalue weighted by molar-refractivity contribution is 14.1. The zero-order chi connectivity index (χ0) is 21.2. The molecule has 2 aliphatic heterocycles. The van der Waals surface area contributed by atoms with Gasteiger partial charge in [0, 0.05) is 60.6 Å². The van der Waals surface area contributed by atoms with Crippen LogP contribution in [0.4, 0.5) is 14.9 Å². The third kappa shape index (κ3) is 5.58. The third-order valence-corrected chi connectivity index (χ3v) is 6.35. The lowest BCUT2D eigenvalue weighted by Gasteiger charge is -2.43. The molecule has 3 amide bonds. The molecule has 29 heavy (non-hydrogen) atoms. The van der Waals surface area contributed by atoms with Crippen molar-refractivity contribution in [3.05, 3.63) is 27.6 Å². The van der Waals surface area contributed by atoms with Crippen molar-refractivity contribution in [2.75, 3.05) is 51.1 Å². The van der Waals surface area contributed by atoms with Gasteiger partial charge in [-0.05, 0) is 61.6 Å². The fraction of sp³-hybridized carbons (Fsp3) is 0.600. The second kappa shape index (κ2) is 9.13. The van der Waals surface area contributed by atoms with Gasteiger partial charge in [0.2, 0.25) is 5.91 Å². The minimum Gasteiger partial charge on any atom is -0.338 e. The van der Waals surface area contributed by atoms with Crippen LogP contribution < -0.4 is 10.6 Å². The van der Waals surface area contributed by atoms with Crippen LogP contribution in [0.3, 0.4) is 0 Å². The van der Waals surface area contributed by atoms with E-state index in [1.54, 1.807) is 17.0 Å². The van der Waals surface area contributed by atoms with Crippen LogP contribution in [0.1, 0.15) is 20.8 Å². The van der Waals surface area contributed by atoms with E-state index in [0.29, 0.717) is 42.0 Å². The van der Waals surface area contributed by atoms with Crippen LogP contribution in [0.5, 0.6) is 0 Å². The monoisotopic (exact) mass is 517 g/mol. The summed E-state index contributed by atoms with van der Waals surface area (Å²) in [6.07, 6.45) is 0. The van der Waals surface area contributed by atoms with E-state index in [0.717, 1.165) is 13.1 Å². The Morgan fingerprint density at radius 3 is 2.41 bits per heavy atom. The number of carbonyl (C=O) groups excluding carboxylic acids is 2. The largest absolute Gasteiger partial charge is 0.338 e. The van der Waals surface area contributed by atoms with Gasteiger partial charge in [-0.2, -0.15) is 0 Å². The smallest absolute Gasteiger partial charge is 0.321 e. The minimum atomic E-state index is -0.358. The minimum absolute atomic E-state index is 0.0341. The van der Waals surface area contributed by atoms with Crippen molar-refractivity contribution in [1.82, 2.24) is 20.0 Å². The lowest BCUT2D eigenvalue weighted by atomic mass is 10.0. The van der Waals surface area contributed by atoms with E-state index in [1.807, 2.05) is 27.5 Å². The fourth-order valence-electron chi connectivity index (χ4n) is 3.65. The van der Waals surface area contributed by atoms with Gasteiger partial charge >= 0.3 is 6.03 Å². The number of benzene rings is 1. The summed E-state index contributed by atoms with van der Waals surface area (Å²) in [6, 6.07) is 4.14. The number of piperazine rings is 2. The summed E-state index contributed by atoms with van der Waals surface area (Å²) in [6.45, 7) is 10.8. The number of halogens is 2. The van der Waals surface area contributed by atoms with Crippen molar-refractivity contribution in [3.63, 3.8) is 0 Å². The molecule has 1 aromatic carbocycles. The van der Waals surface area contributed by atoms with Gasteiger partial charge in [-0.3, -0.25) is 9.69 Å². The molecule has 3 rings (SSSR count). The van der Waals surface area contributed by atoms with Crippen LogP contribution in [0, 0.1) is 9.39 Å². The van der Waals surface area contributed by atoms with E-state index in [-0.39, 0.29) is 29.3 Å². The molecule has 160 valence electrons. The van der Waals surface area contributed by atoms with Gasteiger partial charge in [0.15, 0.2) is 0 Å². The van der Waals surface area contributed by atoms with Gasteiger partial charge in [0.05, 0.1) is 6.04 Å². The second-order valence-electron chi connectivity index (χ2n) is 8.49. The van der Waals surface area contributed by atoms with E-state index in [2.05, 4.69) is 36.3 Å². The van der Waals surface area contributed by atoms with E-state index >= 15 is 0 Å². The van der Waals surface area contributed by atoms with Crippen LogP contribution in [0.15, 0.2) is 18.2 Å². The molecule has 0 aliphatic carbocycles. The predicted octanol–water partition coefficient (Wildman–Crippen LogP) is 2.18. The average Bonchev–Trinajstić information content (AvgIpc) is 2.70. The highest BCUT2D eigenvalue weighted by atomic mass is 127. The van der Waals surface area contributed by atoms with Gasteiger partial charge < -0.3 is 20.4 Å². The van der Waals surface area contributed by atoms with Gasteiger partial charge in [-0.1, -0.05) is 0 Å². The predicted molar refractivity (Wildman–Crippen MR) is 119 cm³/mol. The molecule has 0 aromatic heterocycles. The average molecular weight is 517 g/mol. The maximum absolute atomic E-state index is 13.7. The molecule has 2 saturated heterocycles. The van der Waals surface area contributed by atoms with Crippen molar-refractivity contribution in [1.29, 1.82) is 0 Å². The Kier molecular flexibility index (Phi) is 7.00. The normalized spacial score (nSPS) is 21.2. The van der Waals surface area contributed by atoms with Crippen molar-refractivity contribution in [3.8, 4) is 0 Å². The molecule has 0 saturated carbocycles. The number of urea groups is 1. The highest BCUT2D eigenvalue weighted by Gasteiger charge is 2.34. The molecule has 1 aromatic rings. The number of rotatable bonds is 2. The summed E-state index contributed by atoms with van der Waals surface area (Å²) < 4.78 is 14.2. The van der Waals surface area contributed by atoms with Crippen molar-refractivity contribution in [2.45, 2.75) is 32.4 Å². The summed E-state index contributed by atoms with van der Waals surface area (Å²) in [4.78, 5) is 31.2. The Hall–Kier alpha value is -1.46. The second-order valence-corrected chi connectivity index (χ2v) is 9.66. The van der Waals surface area contributed by atoms with Gasteiger partial charge in [-0.25, -0.2) is 9.18 Å². The Morgan fingerprint density at radius 2 is 1.79 bits per heavy atom. The molecule has 0 spiro atoms. The van der Waals surface area contributed by atoms with Crippen LogP contribution >= 0.6 is 22.6 Å². The van der Waals surface area contributed by atoms with Gasteiger partial charge in [0.1, 0.15) is 5.82 Å². The lowest BCUT2D eigenvalue weighted by Crippen LogP contribution is -2.63. The van der Waals surface area contributed by atoms with Crippen LogP contribution in [0.2, 0.25) is 0 Å². The standard InChI is InChI=1S/C20H29FIN5O2/c1-20(2,3)27-7-6-23-17(13-27)18(28)25-8-10-26(11-9-25)19(29)24-14-4-5-16(22)15(21)12-14/h4-5,12,17,23H,6-11,13H2,1-3H3,(H,24,29)/t17-/m1/s1. The molecule has 2 heterocycles. The summed E-state index contributed by atoms with van der Waals surface area (Å²) in [5.74, 6) is -0.262. The highest BCUT2D eigenvalue weighted by Crippen LogP contribution is 2.18. The van der Waals surface area contributed by atoms with Crippen molar-refractivity contribution >= 4 is 40.2 Å². The molecular formula is C20H29FIN5O2. The molecule has 0 radical (unpaired) electrons. The first kappa shape index (κ1) is 22.2. The number of nitrogens with zero attached hydrogens (tertiary/aromatic N) is 3. The number of nitrogens with one attached hydrogen (secondary N) is 2. The van der Waals surface area contributed by atoms with Crippen molar-refractivity contribution in [2.24, 2.45) is 0 Å². The van der Waals surface area contributed by atoms with E-state index < -0.39 is 0 Å². The SMILES string of the molecule is CC(C)(C)N1CCN[C@@H](C(=O)N2CCN(C(=O)Nc3ccc(I)c(F)c3)CC2)C1. The van der Waals surface area contributed by atoms with Crippen molar-refractivity contribution < 1.29 is 14.0 Å². The molecule has 9 heteroatoms. The fourth-order valence-corrected chi connectivity index (χ4v) is 3.99. The quantitative estimate of drug-likeness (QED) is 0.591.